The third-order valence-corrected chi connectivity index (χ3v) is 4.59. The van der Waals surface area contributed by atoms with Gasteiger partial charge in [-0.15, -0.1) is 6.58 Å². The molecule has 1 heterocycles. The van der Waals surface area contributed by atoms with E-state index in [2.05, 4.69) is 16.9 Å². The monoisotopic (exact) mass is 482 g/mol. The van der Waals surface area contributed by atoms with Crippen LogP contribution in [-0.4, -0.2) is 18.1 Å². The first-order valence-corrected chi connectivity index (χ1v) is 9.51. The average molecular weight is 482 g/mol. The zero-order valence-electron chi connectivity index (χ0n) is 17.4. The Morgan fingerprint density at radius 1 is 1.12 bits per heavy atom. The van der Waals surface area contributed by atoms with E-state index in [1.54, 1.807) is 0 Å². The van der Waals surface area contributed by atoms with Crippen LogP contribution in [-0.2, 0) is 10.9 Å². The molecule has 3 aromatic rings. The number of hydrogen-bond donors (Lipinski definition) is 1. The third-order valence-electron chi connectivity index (χ3n) is 4.59. The van der Waals surface area contributed by atoms with Crippen molar-refractivity contribution in [3.63, 3.8) is 0 Å². The number of esters is 1. The van der Waals surface area contributed by atoms with Gasteiger partial charge < -0.3 is 14.8 Å². The Balaban J connectivity index is 1.99. The van der Waals surface area contributed by atoms with Crippen molar-refractivity contribution in [3.05, 3.63) is 95.5 Å². The fourth-order valence-corrected chi connectivity index (χ4v) is 3.06. The molecule has 1 aromatic heterocycles. The molecule has 0 spiro atoms. The topological polar surface area (TPSA) is 60.5 Å². The van der Waals surface area contributed by atoms with Gasteiger partial charge in [0.2, 0.25) is 5.88 Å². The van der Waals surface area contributed by atoms with E-state index < -0.39 is 52.6 Å². The molecule has 0 unspecified atom stereocenters. The van der Waals surface area contributed by atoms with E-state index in [1.165, 1.54) is 12.1 Å². The normalized spacial score (nSPS) is 12.1. The summed E-state index contributed by atoms with van der Waals surface area (Å²) in [5, 5.41) is 2.68. The fourth-order valence-electron chi connectivity index (χ4n) is 3.06. The van der Waals surface area contributed by atoms with E-state index in [1.807, 2.05) is 0 Å². The van der Waals surface area contributed by atoms with Crippen LogP contribution in [0.2, 0.25) is 0 Å². The van der Waals surface area contributed by atoms with Gasteiger partial charge in [0, 0.05) is 29.6 Å². The van der Waals surface area contributed by atoms with Gasteiger partial charge in [-0.25, -0.2) is 22.9 Å². The standard InChI is InChI=1S/C23H16F6N2O3/c1-3-18(20-16(25)9-12(24)10-17(20)26)31-19-7-6-13(11-14(19)22(32)33-2)34-21-15(23(27,28)29)5-4-8-30-21/h3-11,18,31H,1H2,2H3/t18-/m1/s1. The van der Waals surface area contributed by atoms with Crippen LogP contribution in [0.4, 0.5) is 32.0 Å². The first-order valence-electron chi connectivity index (χ1n) is 9.51. The highest BCUT2D eigenvalue weighted by molar-refractivity contribution is 5.96. The van der Waals surface area contributed by atoms with Crippen molar-refractivity contribution in [2.45, 2.75) is 12.2 Å². The molecular weight excluding hydrogens is 466 g/mol. The maximum Gasteiger partial charge on any atom is 0.421 e. The largest absolute Gasteiger partial charge is 0.465 e. The summed E-state index contributed by atoms with van der Waals surface area (Å²) in [4.78, 5) is 15.9. The number of nitrogens with zero attached hydrogens (tertiary/aromatic N) is 1. The van der Waals surface area contributed by atoms with E-state index >= 15 is 0 Å². The Morgan fingerprint density at radius 3 is 2.38 bits per heavy atom. The minimum atomic E-state index is -4.74. The average Bonchev–Trinajstić information content (AvgIpc) is 2.77. The molecule has 0 radical (unpaired) electrons. The molecule has 3 rings (SSSR count). The number of carbonyl (C=O) groups is 1. The van der Waals surface area contributed by atoms with E-state index in [-0.39, 0.29) is 17.0 Å². The number of benzene rings is 2. The Labute approximate surface area is 189 Å². The van der Waals surface area contributed by atoms with Gasteiger partial charge in [0.15, 0.2) is 0 Å². The number of rotatable bonds is 7. The van der Waals surface area contributed by atoms with Crippen LogP contribution in [0.1, 0.15) is 27.5 Å². The molecule has 5 nitrogen and oxygen atoms in total. The Bertz CT molecular complexity index is 1210. The van der Waals surface area contributed by atoms with Gasteiger partial charge in [0.1, 0.15) is 28.8 Å². The van der Waals surface area contributed by atoms with Crippen molar-refractivity contribution in [1.82, 2.24) is 4.98 Å². The van der Waals surface area contributed by atoms with Gasteiger partial charge in [-0.1, -0.05) is 6.08 Å². The molecule has 34 heavy (non-hydrogen) atoms. The molecule has 0 saturated carbocycles. The van der Waals surface area contributed by atoms with Crippen LogP contribution in [0.5, 0.6) is 11.6 Å². The summed E-state index contributed by atoms with van der Waals surface area (Å²) in [5.74, 6) is -5.36. The summed E-state index contributed by atoms with van der Waals surface area (Å²) in [6.45, 7) is 3.49. The van der Waals surface area contributed by atoms with Crippen molar-refractivity contribution < 1.29 is 40.6 Å². The SMILES string of the molecule is C=C[C@@H](Nc1ccc(Oc2ncccc2C(F)(F)F)cc1C(=O)OC)c1c(F)cc(F)cc1F. The lowest BCUT2D eigenvalue weighted by atomic mass is 10.0. The molecule has 0 aliphatic carbocycles. The molecule has 1 N–H and O–H groups in total. The molecule has 0 amide bonds. The van der Waals surface area contributed by atoms with Crippen molar-refractivity contribution in [1.29, 1.82) is 0 Å². The number of carbonyl (C=O) groups excluding carboxylic acids is 1. The molecule has 0 aliphatic rings. The van der Waals surface area contributed by atoms with E-state index in [9.17, 15) is 31.1 Å². The Kier molecular flexibility index (Phi) is 7.14. The van der Waals surface area contributed by atoms with Crippen LogP contribution in [0, 0.1) is 17.5 Å². The van der Waals surface area contributed by atoms with Crippen LogP contribution in [0.25, 0.3) is 0 Å². The first kappa shape index (κ1) is 24.6. The number of alkyl halides is 3. The van der Waals surface area contributed by atoms with Crippen molar-refractivity contribution in [3.8, 4) is 11.6 Å². The van der Waals surface area contributed by atoms with Gasteiger partial charge in [-0.3, -0.25) is 0 Å². The first-order chi connectivity index (χ1) is 16.0. The zero-order valence-corrected chi connectivity index (χ0v) is 17.4. The van der Waals surface area contributed by atoms with Crippen molar-refractivity contribution in [2.24, 2.45) is 0 Å². The number of hydrogen-bond acceptors (Lipinski definition) is 5. The zero-order chi connectivity index (χ0) is 25.0. The van der Waals surface area contributed by atoms with Crippen LogP contribution >= 0.6 is 0 Å². The molecule has 2 aromatic carbocycles. The second-order valence-electron chi connectivity index (χ2n) is 6.80. The summed E-state index contributed by atoms with van der Waals surface area (Å²) in [6.07, 6.45) is -2.52. The Morgan fingerprint density at radius 2 is 1.79 bits per heavy atom. The molecular formula is C23H16F6N2O3. The second kappa shape index (κ2) is 9.86. The molecule has 0 saturated heterocycles. The molecule has 1 atom stereocenters. The predicted molar refractivity (Wildman–Crippen MR) is 110 cm³/mol. The molecule has 0 fully saturated rings. The van der Waals surface area contributed by atoms with Crippen LogP contribution in [0.3, 0.4) is 0 Å². The lowest BCUT2D eigenvalue weighted by Gasteiger charge is -2.20. The van der Waals surface area contributed by atoms with Gasteiger partial charge in [0.05, 0.1) is 18.7 Å². The molecule has 0 bridgehead atoms. The number of nitrogens with one attached hydrogen (secondary N) is 1. The number of pyridine rings is 1. The number of methoxy groups -OCH3 is 1. The van der Waals surface area contributed by atoms with Gasteiger partial charge >= 0.3 is 12.1 Å². The number of aromatic nitrogens is 1. The quantitative estimate of drug-likeness (QED) is 0.239. The summed E-state index contributed by atoms with van der Waals surface area (Å²) >= 11 is 0. The lowest BCUT2D eigenvalue weighted by Crippen LogP contribution is -2.15. The number of anilines is 1. The van der Waals surface area contributed by atoms with Gasteiger partial charge in [0.25, 0.3) is 0 Å². The van der Waals surface area contributed by atoms with E-state index in [4.69, 9.17) is 9.47 Å². The van der Waals surface area contributed by atoms with Gasteiger partial charge in [-0.2, -0.15) is 13.2 Å². The summed E-state index contributed by atoms with van der Waals surface area (Å²) in [6, 6.07) is 5.10. The maximum atomic E-state index is 14.2. The van der Waals surface area contributed by atoms with Crippen molar-refractivity contribution in [2.75, 3.05) is 12.4 Å². The minimum absolute atomic E-state index is 0.00992. The highest BCUT2D eigenvalue weighted by atomic mass is 19.4. The molecule has 11 heteroatoms. The highest BCUT2D eigenvalue weighted by Gasteiger charge is 2.35. The molecule has 0 aliphatic heterocycles. The smallest absolute Gasteiger partial charge is 0.421 e. The van der Waals surface area contributed by atoms with E-state index in [0.717, 1.165) is 37.6 Å². The van der Waals surface area contributed by atoms with Crippen LogP contribution < -0.4 is 10.1 Å². The third kappa shape index (κ3) is 5.30. The number of halogens is 6. The minimum Gasteiger partial charge on any atom is -0.465 e. The maximum absolute atomic E-state index is 14.2. The van der Waals surface area contributed by atoms with Crippen molar-refractivity contribution >= 4 is 11.7 Å². The van der Waals surface area contributed by atoms with Gasteiger partial charge in [-0.05, 0) is 30.3 Å². The predicted octanol–water partition coefficient (Wildman–Crippen LogP) is 6.44. The molecule has 178 valence electrons. The second-order valence-corrected chi connectivity index (χ2v) is 6.80. The summed E-state index contributed by atoms with van der Waals surface area (Å²) in [7, 11) is 1.06. The lowest BCUT2D eigenvalue weighted by molar-refractivity contribution is -0.138. The van der Waals surface area contributed by atoms with E-state index in [0.29, 0.717) is 12.1 Å². The summed E-state index contributed by atoms with van der Waals surface area (Å²) in [5.41, 5.74) is -1.93. The fraction of sp³-hybridized carbons (Fsp3) is 0.130. The van der Waals surface area contributed by atoms with Crippen LogP contribution in [0.15, 0.2) is 61.3 Å². The summed E-state index contributed by atoms with van der Waals surface area (Å²) < 4.78 is 91.3. The number of ether oxygens (including phenoxy) is 2. The Hall–Kier alpha value is -4.02. The highest BCUT2D eigenvalue weighted by Crippen LogP contribution is 2.37.